The van der Waals surface area contributed by atoms with E-state index in [1.807, 2.05) is 11.8 Å². The summed E-state index contributed by atoms with van der Waals surface area (Å²) in [6, 6.07) is 5.80. The second-order valence-corrected chi connectivity index (χ2v) is 5.84. The molecule has 3 rings (SSSR count). The first kappa shape index (κ1) is 16.4. The minimum Gasteiger partial charge on any atom is -0.437 e. The molecule has 1 aliphatic heterocycles. The number of nitrogens with zero attached hydrogens (tertiary/aromatic N) is 3. The first-order valence-electron chi connectivity index (χ1n) is 8.19. The molecule has 24 heavy (non-hydrogen) atoms. The minimum absolute atomic E-state index is 0.0957. The number of hydrogen-bond acceptors (Lipinski definition) is 4. The van der Waals surface area contributed by atoms with Crippen molar-refractivity contribution in [2.45, 2.75) is 32.1 Å². The molecule has 126 valence electrons. The Balaban J connectivity index is 1.80. The Labute approximate surface area is 140 Å². The summed E-state index contributed by atoms with van der Waals surface area (Å²) >= 11 is 0. The first-order valence-corrected chi connectivity index (χ1v) is 8.19. The zero-order valence-electron chi connectivity index (χ0n) is 13.6. The van der Waals surface area contributed by atoms with E-state index in [2.05, 4.69) is 9.97 Å². The van der Waals surface area contributed by atoms with Crippen LogP contribution in [0.4, 0.5) is 4.39 Å². The van der Waals surface area contributed by atoms with Gasteiger partial charge in [-0.15, -0.1) is 0 Å². The highest BCUT2D eigenvalue weighted by molar-refractivity contribution is 5.76. The molecule has 1 aliphatic rings. The molecule has 5 nitrogen and oxygen atoms in total. The molecule has 0 saturated carbocycles. The molecule has 1 saturated heterocycles. The van der Waals surface area contributed by atoms with E-state index in [9.17, 15) is 9.18 Å². The highest BCUT2D eigenvalue weighted by Gasteiger charge is 2.27. The molecule has 0 bridgehead atoms. The summed E-state index contributed by atoms with van der Waals surface area (Å²) in [5.74, 6) is 0.862. The van der Waals surface area contributed by atoms with Gasteiger partial charge in [0, 0.05) is 37.8 Å². The molecule has 1 atom stereocenters. The number of likely N-dealkylation sites (tertiary alicyclic amines) is 1. The second kappa shape index (κ2) is 7.38. The first-order chi connectivity index (χ1) is 11.7. The van der Waals surface area contributed by atoms with E-state index >= 15 is 0 Å². The summed E-state index contributed by atoms with van der Waals surface area (Å²) in [6.07, 6.45) is 5.58. The number of halogens is 1. The van der Waals surface area contributed by atoms with E-state index in [1.54, 1.807) is 24.5 Å². The Morgan fingerprint density at radius 1 is 1.29 bits per heavy atom. The molecular formula is C18H20FN3O2. The maximum absolute atomic E-state index is 13.0. The Morgan fingerprint density at radius 2 is 2.04 bits per heavy atom. The Kier molecular flexibility index (Phi) is 5.03. The van der Waals surface area contributed by atoms with Gasteiger partial charge >= 0.3 is 0 Å². The predicted octanol–water partition coefficient (Wildman–Crippen LogP) is 3.52. The van der Waals surface area contributed by atoms with Gasteiger partial charge in [-0.3, -0.25) is 9.78 Å². The predicted molar refractivity (Wildman–Crippen MR) is 87.4 cm³/mol. The lowest BCUT2D eigenvalue weighted by molar-refractivity contribution is -0.132. The largest absolute Gasteiger partial charge is 0.437 e. The van der Waals surface area contributed by atoms with Crippen LogP contribution in [0.1, 0.15) is 37.8 Å². The maximum atomic E-state index is 13.0. The number of piperidine rings is 1. The van der Waals surface area contributed by atoms with Gasteiger partial charge in [-0.2, -0.15) is 0 Å². The fourth-order valence-electron chi connectivity index (χ4n) is 2.96. The van der Waals surface area contributed by atoms with Crippen molar-refractivity contribution in [1.29, 1.82) is 0 Å². The molecule has 1 aromatic carbocycles. The lowest BCUT2D eigenvalue weighted by Crippen LogP contribution is -2.39. The number of carbonyl (C=O) groups is 1. The summed E-state index contributed by atoms with van der Waals surface area (Å²) in [6.45, 7) is 3.29. The third-order valence-electron chi connectivity index (χ3n) is 4.18. The lowest BCUT2D eigenvalue weighted by atomic mass is 9.94. The number of amides is 1. The molecule has 0 unspecified atom stereocenters. The molecule has 0 radical (unpaired) electrons. The van der Waals surface area contributed by atoms with Crippen molar-refractivity contribution < 1.29 is 13.9 Å². The molecule has 1 amide bonds. The Morgan fingerprint density at radius 3 is 2.79 bits per heavy atom. The van der Waals surface area contributed by atoms with Crippen LogP contribution in [0.3, 0.4) is 0 Å². The highest BCUT2D eigenvalue weighted by Crippen LogP contribution is 2.32. The van der Waals surface area contributed by atoms with Gasteiger partial charge in [0.05, 0.1) is 0 Å². The molecule has 0 aliphatic carbocycles. The fourth-order valence-corrected chi connectivity index (χ4v) is 2.96. The van der Waals surface area contributed by atoms with Crippen LogP contribution in [0.25, 0.3) is 0 Å². The van der Waals surface area contributed by atoms with E-state index in [4.69, 9.17) is 4.74 Å². The molecule has 1 aromatic heterocycles. The number of hydrogen-bond donors (Lipinski definition) is 0. The third kappa shape index (κ3) is 3.69. The molecule has 0 N–H and O–H groups in total. The molecular weight excluding hydrogens is 309 g/mol. The van der Waals surface area contributed by atoms with Crippen LogP contribution in [0.15, 0.2) is 36.7 Å². The van der Waals surface area contributed by atoms with Gasteiger partial charge in [0.1, 0.15) is 17.3 Å². The summed E-state index contributed by atoms with van der Waals surface area (Å²) in [5, 5.41) is 0. The van der Waals surface area contributed by atoms with E-state index < -0.39 is 0 Å². The number of carbonyl (C=O) groups excluding carboxylic acids is 1. The van der Waals surface area contributed by atoms with Crippen molar-refractivity contribution in [2.75, 3.05) is 13.1 Å². The van der Waals surface area contributed by atoms with E-state index in [1.165, 1.54) is 12.1 Å². The third-order valence-corrected chi connectivity index (χ3v) is 4.18. The van der Waals surface area contributed by atoms with E-state index in [-0.39, 0.29) is 17.6 Å². The topological polar surface area (TPSA) is 55.3 Å². The zero-order chi connectivity index (χ0) is 16.9. The summed E-state index contributed by atoms with van der Waals surface area (Å²) in [4.78, 5) is 22.6. The van der Waals surface area contributed by atoms with Crippen molar-refractivity contribution in [3.05, 3.63) is 48.2 Å². The fraction of sp³-hybridized carbons (Fsp3) is 0.389. The number of aromatic nitrogens is 2. The molecule has 2 aromatic rings. The smallest absolute Gasteiger partial charge is 0.241 e. The van der Waals surface area contributed by atoms with Crippen LogP contribution in [0, 0.1) is 5.82 Å². The van der Waals surface area contributed by atoms with Gasteiger partial charge < -0.3 is 9.64 Å². The summed E-state index contributed by atoms with van der Waals surface area (Å²) in [7, 11) is 0. The number of benzene rings is 1. The quantitative estimate of drug-likeness (QED) is 0.861. The van der Waals surface area contributed by atoms with Gasteiger partial charge in [-0.1, -0.05) is 6.92 Å². The SMILES string of the molecule is CCC(=O)N1CCC[C@H](c2nccnc2Oc2ccc(F)cc2)C1. The second-order valence-electron chi connectivity index (χ2n) is 5.84. The molecule has 1 fully saturated rings. The maximum Gasteiger partial charge on any atom is 0.241 e. The van der Waals surface area contributed by atoms with Crippen molar-refractivity contribution in [3.8, 4) is 11.6 Å². The van der Waals surface area contributed by atoms with Crippen LogP contribution >= 0.6 is 0 Å². The van der Waals surface area contributed by atoms with Crippen molar-refractivity contribution in [1.82, 2.24) is 14.9 Å². The van der Waals surface area contributed by atoms with Gasteiger partial charge in [-0.05, 0) is 37.1 Å². The molecule has 6 heteroatoms. The van der Waals surface area contributed by atoms with E-state index in [0.29, 0.717) is 24.6 Å². The van der Waals surface area contributed by atoms with Crippen LogP contribution < -0.4 is 4.74 Å². The highest BCUT2D eigenvalue weighted by atomic mass is 19.1. The average Bonchev–Trinajstić information content (AvgIpc) is 2.63. The van der Waals surface area contributed by atoms with Gasteiger partial charge in [0.25, 0.3) is 0 Å². The van der Waals surface area contributed by atoms with Gasteiger partial charge in [-0.25, -0.2) is 9.37 Å². The zero-order valence-corrected chi connectivity index (χ0v) is 13.6. The summed E-state index contributed by atoms with van der Waals surface area (Å²) < 4.78 is 18.8. The standard InChI is InChI=1S/C18H20FN3O2/c1-2-16(23)22-11-3-4-13(12-22)17-18(21-10-9-20-17)24-15-7-5-14(19)6-8-15/h5-10,13H,2-4,11-12H2,1H3/t13-/m0/s1. The average molecular weight is 329 g/mol. The number of rotatable bonds is 4. The van der Waals surface area contributed by atoms with Crippen LogP contribution in [0.5, 0.6) is 11.6 Å². The summed E-state index contributed by atoms with van der Waals surface area (Å²) in [5.41, 5.74) is 0.746. The van der Waals surface area contributed by atoms with Gasteiger partial charge in [0.2, 0.25) is 11.8 Å². The van der Waals surface area contributed by atoms with Crippen molar-refractivity contribution in [3.63, 3.8) is 0 Å². The van der Waals surface area contributed by atoms with E-state index in [0.717, 1.165) is 25.1 Å². The van der Waals surface area contributed by atoms with Crippen molar-refractivity contribution in [2.24, 2.45) is 0 Å². The molecule has 0 spiro atoms. The normalized spacial score (nSPS) is 17.6. The van der Waals surface area contributed by atoms with Gasteiger partial charge in [0.15, 0.2) is 0 Å². The number of ether oxygens (including phenoxy) is 1. The van der Waals surface area contributed by atoms with Crippen LogP contribution in [-0.2, 0) is 4.79 Å². The Bertz CT molecular complexity index is 706. The lowest BCUT2D eigenvalue weighted by Gasteiger charge is -2.32. The minimum atomic E-state index is -0.317. The van der Waals surface area contributed by atoms with Crippen LogP contribution in [0.2, 0.25) is 0 Å². The molecule has 2 heterocycles. The van der Waals surface area contributed by atoms with Crippen molar-refractivity contribution >= 4 is 5.91 Å². The van der Waals surface area contributed by atoms with Crippen LogP contribution in [-0.4, -0.2) is 33.9 Å². The Hall–Kier alpha value is -2.50. The monoisotopic (exact) mass is 329 g/mol.